The van der Waals surface area contributed by atoms with Crippen molar-refractivity contribution in [2.75, 3.05) is 18.4 Å². The van der Waals surface area contributed by atoms with E-state index in [1.54, 1.807) is 0 Å². The third-order valence-electron chi connectivity index (χ3n) is 3.11. The van der Waals surface area contributed by atoms with Crippen molar-refractivity contribution in [1.29, 1.82) is 0 Å². The summed E-state index contributed by atoms with van der Waals surface area (Å²) in [7, 11) is 0. The molecular weight excluding hydrogens is 280 g/mol. The number of anilines is 1. The van der Waals surface area contributed by atoms with Crippen molar-refractivity contribution < 1.29 is 4.79 Å². The first-order chi connectivity index (χ1) is 8.16. The van der Waals surface area contributed by atoms with Gasteiger partial charge in [0, 0.05) is 16.7 Å². The molecule has 0 radical (unpaired) electrons. The summed E-state index contributed by atoms with van der Waals surface area (Å²) in [6.45, 7) is 3.82. The summed E-state index contributed by atoms with van der Waals surface area (Å²) in [6.07, 6.45) is 2.06. The van der Waals surface area contributed by atoms with Gasteiger partial charge in [0.25, 0.3) is 0 Å². The van der Waals surface area contributed by atoms with Gasteiger partial charge in [0.05, 0.1) is 5.92 Å². The van der Waals surface area contributed by atoms with Crippen LogP contribution in [0, 0.1) is 12.8 Å². The fourth-order valence-electron chi connectivity index (χ4n) is 2.08. The Kier molecular flexibility index (Phi) is 4.18. The Morgan fingerprint density at radius 3 is 3.00 bits per heavy atom. The molecule has 2 N–H and O–H groups in total. The second kappa shape index (κ2) is 5.65. The highest BCUT2D eigenvalue weighted by Gasteiger charge is 2.21. The molecule has 0 saturated carbocycles. The highest BCUT2D eigenvalue weighted by atomic mass is 79.9. The number of hydrogen-bond donors (Lipinski definition) is 2. The van der Waals surface area contributed by atoms with Crippen LogP contribution in [0.15, 0.2) is 22.7 Å². The Bertz CT molecular complexity index is 414. The van der Waals surface area contributed by atoms with Crippen LogP contribution in [0.5, 0.6) is 0 Å². The average Bonchev–Trinajstić information content (AvgIpc) is 2.34. The molecule has 1 unspecified atom stereocenters. The van der Waals surface area contributed by atoms with Gasteiger partial charge in [0.2, 0.25) is 5.91 Å². The molecule has 1 amide bonds. The van der Waals surface area contributed by atoms with Gasteiger partial charge in [-0.3, -0.25) is 4.79 Å². The van der Waals surface area contributed by atoms with Crippen LogP contribution >= 0.6 is 15.9 Å². The molecule has 0 spiro atoms. The monoisotopic (exact) mass is 296 g/mol. The third kappa shape index (κ3) is 3.30. The first-order valence-electron chi connectivity index (χ1n) is 5.94. The number of carbonyl (C=O) groups is 1. The Hall–Kier alpha value is -0.870. The molecule has 0 aromatic heterocycles. The molecule has 17 heavy (non-hydrogen) atoms. The van der Waals surface area contributed by atoms with E-state index in [1.165, 1.54) is 0 Å². The van der Waals surface area contributed by atoms with Gasteiger partial charge >= 0.3 is 0 Å². The van der Waals surface area contributed by atoms with E-state index in [-0.39, 0.29) is 11.8 Å². The van der Waals surface area contributed by atoms with Crippen LogP contribution in [0.25, 0.3) is 0 Å². The van der Waals surface area contributed by atoms with Crippen LogP contribution in [0.3, 0.4) is 0 Å². The second-order valence-corrected chi connectivity index (χ2v) is 5.41. The lowest BCUT2D eigenvalue weighted by atomic mass is 9.98. The molecule has 2 rings (SSSR count). The minimum absolute atomic E-state index is 0.104. The normalized spacial score (nSPS) is 20.0. The summed E-state index contributed by atoms with van der Waals surface area (Å²) < 4.78 is 1.03. The molecule has 3 nitrogen and oxygen atoms in total. The van der Waals surface area contributed by atoms with Crippen molar-refractivity contribution in [2.45, 2.75) is 19.8 Å². The molecule has 1 atom stereocenters. The van der Waals surface area contributed by atoms with E-state index in [0.717, 1.165) is 41.7 Å². The van der Waals surface area contributed by atoms with Crippen molar-refractivity contribution in [3.05, 3.63) is 28.2 Å². The molecule has 1 aliphatic heterocycles. The average molecular weight is 297 g/mol. The maximum Gasteiger partial charge on any atom is 0.228 e. The molecule has 0 aliphatic carbocycles. The summed E-state index contributed by atoms with van der Waals surface area (Å²) in [5, 5.41) is 6.26. The Morgan fingerprint density at radius 1 is 1.53 bits per heavy atom. The predicted molar refractivity (Wildman–Crippen MR) is 73.1 cm³/mol. The van der Waals surface area contributed by atoms with Gasteiger partial charge in [-0.15, -0.1) is 0 Å². The predicted octanol–water partition coefficient (Wildman–Crippen LogP) is 2.70. The zero-order chi connectivity index (χ0) is 12.3. The summed E-state index contributed by atoms with van der Waals surface area (Å²) >= 11 is 3.42. The van der Waals surface area contributed by atoms with Crippen LogP contribution in [-0.4, -0.2) is 19.0 Å². The molecule has 1 fully saturated rings. The fourth-order valence-corrected chi connectivity index (χ4v) is 2.55. The van der Waals surface area contributed by atoms with E-state index in [0.29, 0.717) is 0 Å². The standard InChI is InChI=1S/C13H17BrN2O/c1-9-7-11(14)4-5-12(9)16-13(17)10-3-2-6-15-8-10/h4-5,7,10,15H,2-3,6,8H2,1H3,(H,16,17). The summed E-state index contributed by atoms with van der Waals surface area (Å²) in [4.78, 5) is 12.0. The van der Waals surface area contributed by atoms with E-state index >= 15 is 0 Å². The molecule has 4 heteroatoms. The van der Waals surface area contributed by atoms with E-state index in [1.807, 2.05) is 25.1 Å². The first-order valence-corrected chi connectivity index (χ1v) is 6.74. The minimum Gasteiger partial charge on any atom is -0.326 e. The highest BCUT2D eigenvalue weighted by Crippen LogP contribution is 2.21. The number of carbonyl (C=O) groups excluding carboxylic acids is 1. The summed E-state index contributed by atoms with van der Waals surface area (Å²) in [5.74, 6) is 0.231. The zero-order valence-electron chi connectivity index (χ0n) is 9.92. The smallest absolute Gasteiger partial charge is 0.228 e. The van der Waals surface area contributed by atoms with E-state index < -0.39 is 0 Å². The van der Waals surface area contributed by atoms with Crippen LogP contribution < -0.4 is 10.6 Å². The van der Waals surface area contributed by atoms with E-state index in [9.17, 15) is 4.79 Å². The number of benzene rings is 1. The maximum absolute atomic E-state index is 12.0. The van der Waals surface area contributed by atoms with Crippen molar-refractivity contribution in [3.8, 4) is 0 Å². The third-order valence-corrected chi connectivity index (χ3v) is 3.61. The van der Waals surface area contributed by atoms with E-state index in [2.05, 4.69) is 26.6 Å². The van der Waals surface area contributed by atoms with E-state index in [4.69, 9.17) is 0 Å². The second-order valence-electron chi connectivity index (χ2n) is 4.49. The lowest BCUT2D eigenvalue weighted by molar-refractivity contribution is -0.120. The fraction of sp³-hybridized carbons (Fsp3) is 0.462. The topological polar surface area (TPSA) is 41.1 Å². The number of aryl methyl sites for hydroxylation is 1. The molecule has 92 valence electrons. The minimum atomic E-state index is 0.104. The molecular formula is C13H17BrN2O. The lowest BCUT2D eigenvalue weighted by Gasteiger charge is -2.22. The van der Waals surface area contributed by atoms with Crippen molar-refractivity contribution in [3.63, 3.8) is 0 Å². The molecule has 1 saturated heterocycles. The van der Waals surface area contributed by atoms with Crippen LogP contribution in [-0.2, 0) is 4.79 Å². The molecule has 0 bridgehead atoms. The summed E-state index contributed by atoms with van der Waals surface area (Å²) in [5.41, 5.74) is 1.99. The van der Waals surface area contributed by atoms with Gasteiger partial charge in [-0.05, 0) is 50.1 Å². The van der Waals surface area contributed by atoms with Crippen LogP contribution in [0.1, 0.15) is 18.4 Å². The SMILES string of the molecule is Cc1cc(Br)ccc1NC(=O)C1CCCNC1. The number of nitrogens with one attached hydrogen (secondary N) is 2. The lowest BCUT2D eigenvalue weighted by Crippen LogP contribution is -2.37. The van der Waals surface area contributed by atoms with Gasteiger partial charge in [0.15, 0.2) is 0 Å². The van der Waals surface area contributed by atoms with Gasteiger partial charge < -0.3 is 10.6 Å². The number of amides is 1. The maximum atomic E-state index is 12.0. The number of halogens is 1. The van der Waals surface area contributed by atoms with Gasteiger partial charge in [-0.1, -0.05) is 15.9 Å². The van der Waals surface area contributed by atoms with Crippen LogP contribution in [0.4, 0.5) is 5.69 Å². The molecule has 1 aromatic rings. The molecule has 1 heterocycles. The van der Waals surface area contributed by atoms with Gasteiger partial charge in [0.1, 0.15) is 0 Å². The summed E-state index contributed by atoms with van der Waals surface area (Å²) in [6, 6.07) is 5.89. The number of piperidine rings is 1. The Morgan fingerprint density at radius 2 is 2.35 bits per heavy atom. The number of hydrogen-bond acceptors (Lipinski definition) is 2. The van der Waals surface area contributed by atoms with Crippen molar-refractivity contribution in [2.24, 2.45) is 5.92 Å². The van der Waals surface area contributed by atoms with Gasteiger partial charge in [-0.25, -0.2) is 0 Å². The zero-order valence-corrected chi connectivity index (χ0v) is 11.5. The molecule has 1 aliphatic rings. The quantitative estimate of drug-likeness (QED) is 0.881. The highest BCUT2D eigenvalue weighted by molar-refractivity contribution is 9.10. The Labute approximate surface area is 110 Å². The largest absolute Gasteiger partial charge is 0.326 e. The van der Waals surface area contributed by atoms with Gasteiger partial charge in [-0.2, -0.15) is 0 Å². The van der Waals surface area contributed by atoms with Crippen LogP contribution in [0.2, 0.25) is 0 Å². The molecule has 1 aromatic carbocycles. The Balaban J connectivity index is 2.02. The van der Waals surface area contributed by atoms with Crippen molar-refractivity contribution >= 4 is 27.5 Å². The van der Waals surface area contributed by atoms with Crippen molar-refractivity contribution in [1.82, 2.24) is 5.32 Å². The first kappa shape index (κ1) is 12.6. The number of rotatable bonds is 2.